The Morgan fingerprint density at radius 2 is 1.56 bits per heavy atom. The topological polar surface area (TPSA) is 22.0 Å². The molecule has 0 N–H and O–H groups in total. The molecule has 0 saturated carbocycles. The Labute approximate surface area is 109 Å². The third-order valence-electron chi connectivity index (χ3n) is 2.61. The van der Waals surface area contributed by atoms with E-state index in [0.717, 1.165) is 11.1 Å². The van der Waals surface area contributed by atoms with Crippen molar-refractivity contribution in [2.24, 2.45) is 0 Å². The van der Waals surface area contributed by atoms with Crippen LogP contribution in [0.4, 0.5) is 0 Å². The van der Waals surface area contributed by atoms with Crippen molar-refractivity contribution in [3.8, 4) is 11.1 Å². The minimum absolute atomic E-state index is 0.0522. The van der Waals surface area contributed by atoms with Gasteiger partial charge in [0.25, 0.3) is 5.56 Å². The van der Waals surface area contributed by atoms with Gasteiger partial charge in [-0.2, -0.15) is 0 Å². The number of aromatic nitrogens is 1. The molecule has 0 saturated heterocycles. The molecule has 0 radical (unpaired) electrons. The Hall–Kier alpha value is -1.83. The third-order valence-corrected chi connectivity index (χ3v) is 2.61. The quantitative estimate of drug-likeness (QED) is 0.777. The van der Waals surface area contributed by atoms with E-state index < -0.39 is 0 Å². The van der Waals surface area contributed by atoms with Crippen LogP contribution in [0.2, 0.25) is 0 Å². The molecule has 2 nitrogen and oxygen atoms in total. The highest BCUT2D eigenvalue weighted by molar-refractivity contribution is 5.62. The molecular formula is C16H21NO. The van der Waals surface area contributed by atoms with E-state index in [1.807, 2.05) is 70.3 Å². The fourth-order valence-corrected chi connectivity index (χ4v) is 1.73. The van der Waals surface area contributed by atoms with Gasteiger partial charge >= 0.3 is 0 Å². The second-order valence-electron chi connectivity index (χ2n) is 4.12. The first kappa shape index (κ1) is 14.2. The molecule has 2 heteroatoms. The van der Waals surface area contributed by atoms with Gasteiger partial charge in [-0.05, 0) is 31.0 Å². The smallest absolute Gasteiger partial charge is 0.251 e. The molecule has 1 aromatic heterocycles. The summed E-state index contributed by atoms with van der Waals surface area (Å²) in [6, 6.07) is 13.8. The van der Waals surface area contributed by atoms with E-state index >= 15 is 0 Å². The van der Waals surface area contributed by atoms with Gasteiger partial charge in [-0.1, -0.05) is 44.2 Å². The SMILES string of the molecule is CC.CC(C)n1ccc(-c2ccccc2)cc1=O. The Kier molecular flexibility index (Phi) is 5.37. The number of pyridine rings is 1. The lowest BCUT2D eigenvalue weighted by molar-refractivity contribution is 0.579. The van der Waals surface area contributed by atoms with Crippen LogP contribution in [0, 0.1) is 0 Å². The van der Waals surface area contributed by atoms with Crippen molar-refractivity contribution in [1.82, 2.24) is 4.57 Å². The van der Waals surface area contributed by atoms with E-state index in [-0.39, 0.29) is 11.6 Å². The third kappa shape index (κ3) is 3.33. The van der Waals surface area contributed by atoms with Gasteiger partial charge in [-0.25, -0.2) is 0 Å². The number of hydrogen-bond donors (Lipinski definition) is 0. The van der Waals surface area contributed by atoms with E-state index in [0.29, 0.717) is 0 Å². The molecule has 0 fully saturated rings. The fraction of sp³-hybridized carbons (Fsp3) is 0.312. The van der Waals surface area contributed by atoms with Crippen molar-refractivity contribution in [3.05, 3.63) is 59.0 Å². The summed E-state index contributed by atoms with van der Waals surface area (Å²) in [6.45, 7) is 8.01. The number of hydrogen-bond acceptors (Lipinski definition) is 1. The van der Waals surface area contributed by atoms with Gasteiger partial charge in [-0.15, -0.1) is 0 Å². The van der Waals surface area contributed by atoms with Crippen molar-refractivity contribution in [2.45, 2.75) is 33.7 Å². The second-order valence-corrected chi connectivity index (χ2v) is 4.12. The molecule has 18 heavy (non-hydrogen) atoms. The monoisotopic (exact) mass is 243 g/mol. The Morgan fingerprint density at radius 3 is 2.06 bits per heavy atom. The van der Waals surface area contributed by atoms with Gasteiger partial charge in [0, 0.05) is 18.3 Å². The van der Waals surface area contributed by atoms with Crippen molar-refractivity contribution in [1.29, 1.82) is 0 Å². The highest BCUT2D eigenvalue weighted by Gasteiger charge is 2.02. The molecule has 0 amide bonds. The molecular weight excluding hydrogens is 222 g/mol. The van der Waals surface area contributed by atoms with E-state index in [1.54, 1.807) is 10.6 Å². The normalized spacial score (nSPS) is 9.83. The number of benzene rings is 1. The minimum Gasteiger partial charge on any atom is -0.313 e. The lowest BCUT2D eigenvalue weighted by atomic mass is 10.1. The van der Waals surface area contributed by atoms with Crippen LogP contribution in [0.5, 0.6) is 0 Å². The summed E-state index contributed by atoms with van der Waals surface area (Å²) in [4.78, 5) is 11.8. The molecule has 0 aliphatic rings. The molecule has 2 rings (SSSR count). The average molecular weight is 243 g/mol. The van der Waals surface area contributed by atoms with Crippen LogP contribution in [0.25, 0.3) is 11.1 Å². The molecule has 96 valence electrons. The maximum Gasteiger partial charge on any atom is 0.251 e. The number of rotatable bonds is 2. The maximum atomic E-state index is 11.8. The first-order valence-corrected chi connectivity index (χ1v) is 6.46. The van der Waals surface area contributed by atoms with Gasteiger partial charge < -0.3 is 4.57 Å². The van der Waals surface area contributed by atoms with Crippen molar-refractivity contribution < 1.29 is 0 Å². The summed E-state index contributed by atoms with van der Waals surface area (Å²) in [5.74, 6) is 0. The van der Waals surface area contributed by atoms with Crippen LogP contribution in [0.3, 0.4) is 0 Å². The second kappa shape index (κ2) is 6.80. The molecule has 0 atom stereocenters. The van der Waals surface area contributed by atoms with Crippen molar-refractivity contribution in [2.75, 3.05) is 0 Å². The summed E-state index contributed by atoms with van der Waals surface area (Å²) in [7, 11) is 0. The molecule has 0 aliphatic heterocycles. The average Bonchev–Trinajstić information content (AvgIpc) is 2.41. The predicted molar refractivity (Wildman–Crippen MR) is 77.9 cm³/mol. The Morgan fingerprint density at radius 1 is 0.944 bits per heavy atom. The van der Waals surface area contributed by atoms with E-state index in [2.05, 4.69) is 0 Å². The van der Waals surface area contributed by atoms with Crippen LogP contribution in [-0.2, 0) is 0 Å². The lowest BCUT2D eigenvalue weighted by Gasteiger charge is -2.10. The van der Waals surface area contributed by atoms with Gasteiger partial charge in [0.15, 0.2) is 0 Å². The first-order valence-electron chi connectivity index (χ1n) is 6.46. The van der Waals surface area contributed by atoms with E-state index in [9.17, 15) is 4.79 Å². The molecule has 1 aromatic carbocycles. The van der Waals surface area contributed by atoms with Crippen LogP contribution >= 0.6 is 0 Å². The fourth-order valence-electron chi connectivity index (χ4n) is 1.73. The number of nitrogens with zero attached hydrogens (tertiary/aromatic N) is 1. The molecule has 0 spiro atoms. The summed E-state index contributed by atoms with van der Waals surface area (Å²) < 4.78 is 1.73. The van der Waals surface area contributed by atoms with Crippen LogP contribution in [-0.4, -0.2) is 4.57 Å². The standard InChI is InChI=1S/C14H15NO.C2H6/c1-11(2)15-9-8-13(10-14(15)16)12-6-4-3-5-7-12;1-2/h3-11H,1-2H3;1-2H3. The maximum absolute atomic E-state index is 11.8. The molecule has 2 aromatic rings. The summed E-state index contributed by atoms with van der Waals surface area (Å²) in [6.07, 6.45) is 1.86. The van der Waals surface area contributed by atoms with Crippen LogP contribution in [0.15, 0.2) is 53.5 Å². The van der Waals surface area contributed by atoms with Crippen molar-refractivity contribution in [3.63, 3.8) is 0 Å². The Balaban J connectivity index is 0.000000771. The molecule has 0 unspecified atom stereocenters. The largest absolute Gasteiger partial charge is 0.313 e. The molecule has 1 heterocycles. The van der Waals surface area contributed by atoms with E-state index in [1.165, 1.54) is 0 Å². The lowest BCUT2D eigenvalue weighted by Crippen LogP contribution is -2.20. The van der Waals surface area contributed by atoms with Gasteiger partial charge in [-0.3, -0.25) is 4.79 Å². The zero-order valence-electron chi connectivity index (χ0n) is 11.6. The van der Waals surface area contributed by atoms with Gasteiger partial charge in [0.1, 0.15) is 0 Å². The summed E-state index contributed by atoms with van der Waals surface area (Å²) in [5.41, 5.74) is 2.11. The van der Waals surface area contributed by atoms with Gasteiger partial charge in [0.05, 0.1) is 0 Å². The first-order chi connectivity index (χ1) is 8.68. The summed E-state index contributed by atoms with van der Waals surface area (Å²) >= 11 is 0. The zero-order chi connectivity index (χ0) is 13.5. The molecule has 0 bridgehead atoms. The van der Waals surface area contributed by atoms with Gasteiger partial charge in [0.2, 0.25) is 0 Å². The zero-order valence-corrected chi connectivity index (χ0v) is 11.6. The highest BCUT2D eigenvalue weighted by atomic mass is 16.1. The van der Waals surface area contributed by atoms with Crippen LogP contribution in [0.1, 0.15) is 33.7 Å². The minimum atomic E-state index is 0.0522. The summed E-state index contributed by atoms with van der Waals surface area (Å²) in [5, 5.41) is 0. The predicted octanol–water partition coefficient (Wildman–Crippen LogP) is 4.12. The van der Waals surface area contributed by atoms with Crippen molar-refractivity contribution >= 4 is 0 Å². The molecule has 0 aliphatic carbocycles. The van der Waals surface area contributed by atoms with E-state index in [4.69, 9.17) is 0 Å². The highest BCUT2D eigenvalue weighted by Crippen LogP contribution is 2.16. The Bertz CT molecular complexity index is 526. The van der Waals surface area contributed by atoms with Crippen LogP contribution < -0.4 is 5.56 Å².